The van der Waals surface area contributed by atoms with Crippen molar-refractivity contribution in [1.82, 2.24) is 15.2 Å². The summed E-state index contributed by atoms with van der Waals surface area (Å²) in [6, 6.07) is 5.99. The van der Waals surface area contributed by atoms with Gasteiger partial charge in [-0.25, -0.2) is 4.98 Å². The summed E-state index contributed by atoms with van der Waals surface area (Å²) in [5.74, 6) is 0.929. The van der Waals surface area contributed by atoms with Crippen LogP contribution in [-0.4, -0.2) is 59.8 Å². The van der Waals surface area contributed by atoms with Gasteiger partial charge in [-0.1, -0.05) is 17.8 Å². The van der Waals surface area contributed by atoms with Crippen LogP contribution in [0.25, 0.3) is 0 Å². The lowest BCUT2D eigenvalue weighted by Crippen LogP contribution is -2.45. The fraction of sp³-hybridized carbons (Fsp3) is 0.650. The van der Waals surface area contributed by atoms with Crippen molar-refractivity contribution in [1.29, 1.82) is 0 Å². The van der Waals surface area contributed by atoms with Gasteiger partial charge in [-0.05, 0) is 49.7 Å². The second-order valence-corrected chi connectivity index (χ2v) is 8.85. The van der Waals surface area contributed by atoms with E-state index in [-0.39, 0.29) is 23.3 Å². The van der Waals surface area contributed by atoms with Gasteiger partial charge in [0.05, 0.1) is 10.8 Å². The van der Waals surface area contributed by atoms with Gasteiger partial charge >= 0.3 is 0 Å². The number of pyridine rings is 1. The van der Waals surface area contributed by atoms with E-state index in [9.17, 15) is 9.59 Å². The number of thioether (sulfide) groups is 1. The molecule has 0 radical (unpaired) electrons. The molecule has 1 aromatic rings. The maximum atomic E-state index is 12.7. The highest BCUT2D eigenvalue weighted by Crippen LogP contribution is 2.54. The zero-order chi connectivity index (χ0) is 18.7. The first-order valence-electron chi connectivity index (χ1n) is 9.86. The summed E-state index contributed by atoms with van der Waals surface area (Å²) in [5.41, 5.74) is 0.220. The minimum Gasteiger partial charge on any atom is -0.381 e. The molecular formula is C20H27N3O3S. The Hall–Kier alpha value is -1.60. The van der Waals surface area contributed by atoms with Crippen molar-refractivity contribution in [2.75, 3.05) is 32.1 Å². The molecule has 7 heteroatoms. The summed E-state index contributed by atoms with van der Waals surface area (Å²) < 4.78 is 5.36. The van der Waals surface area contributed by atoms with Crippen molar-refractivity contribution >= 4 is 23.6 Å². The lowest BCUT2D eigenvalue weighted by Gasteiger charge is -2.36. The van der Waals surface area contributed by atoms with Gasteiger partial charge in [0.2, 0.25) is 11.8 Å². The lowest BCUT2D eigenvalue weighted by molar-refractivity contribution is -0.140. The molecule has 3 aliphatic rings. The van der Waals surface area contributed by atoms with E-state index in [1.165, 1.54) is 11.8 Å². The number of carbonyl (C=O) groups excluding carboxylic acids is 2. The average molecular weight is 390 g/mol. The third-order valence-electron chi connectivity index (χ3n) is 6.16. The quantitative estimate of drug-likeness (QED) is 0.781. The molecule has 0 aromatic carbocycles. The molecule has 1 spiro atoms. The molecule has 1 unspecified atom stereocenters. The first kappa shape index (κ1) is 18.7. The van der Waals surface area contributed by atoms with E-state index in [1.54, 1.807) is 6.20 Å². The highest BCUT2D eigenvalue weighted by Gasteiger charge is 2.56. The standard InChI is InChI=1S/C20H27N3O3S/c24-17(14-27-18-3-1-2-8-21-18)22-16-13-20(16)6-9-23(10-7-20)19(25)15-4-11-26-12-5-15/h1-3,8,15-16H,4-7,9-14H2,(H,22,24). The summed E-state index contributed by atoms with van der Waals surface area (Å²) >= 11 is 1.47. The minimum atomic E-state index is 0.0771. The molecule has 0 bridgehead atoms. The zero-order valence-corrected chi connectivity index (χ0v) is 16.4. The van der Waals surface area contributed by atoms with Crippen molar-refractivity contribution in [2.45, 2.75) is 43.2 Å². The number of likely N-dealkylation sites (tertiary alicyclic amines) is 1. The van der Waals surface area contributed by atoms with E-state index in [0.717, 1.165) is 50.2 Å². The van der Waals surface area contributed by atoms with E-state index in [4.69, 9.17) is 4.74 Å². The molecule has 1 saturated carbocycles. The van der Waals surface area contributed by atoms with E-state index in [1.807, 2.05) is 23.1 Å². The van der Waals surface area contributed by atoms with Crippen LogP contribution >= 0.6 is 11.8 Å². The third-order valence-corrected chi connectivity index (χ3v) is 7.10. The number of rotatable bonds is 5. The number of amides is 2. The number of hydrogen-bond acceptors (Lipinski definition) is 5. The summed E-state index contributed by atoms with van der Waals surface area (Å²) in [6.07, 6.45) is 6.50. The van der Waals surface area contributed by atoms with Crippen LogP contribution in [0.3, 0.4) is 0 Å². The highest BCUT2D eigenvalue weighted by atomic mass is 32.2. The highest BCUT2D eigenvalue weighted by molar-refractivity contribution is 7.99. The van der Waals surface area contributed by atoms with Crippen LogP contribution in [0.4, 0.5) is 0 Å². The van der Waals surface area contributed by atoms with Crippen LogP contribution in [-0.2, 0) is 14.3 Å². The summed E-state index contributed by atoms with van der Waals surface area (Å²) in [6.45, 7) is 3.06. The first-order valence-corrected chi connectivity index (χ1v) is 10.8. The number of carbonyl (C=O) groups is 2. The van der Waals surface area contributed by atoms with Gasteiger partial charge in [0, 0.05) is 44.5 Å². The van der Waals surface area contributed by atoms with Gasteiger partial charge in [-0.15, -0.1) is 0 Å². The third kappa shape index (κ3) is 4.46. The number of hydrogen-bond donors (Lipinski definition) is 1. The van der Waals surface area contributed by atoms with Crippen LogP contribution in [0.15, 0.2) is 29.4 Å². The minimum absolute atomic E-state index is 0.0771. The van der Waals surface area contributed by atoms with Gasteiger partial charge in [-0.2, -0.15) is 0 Å². The molecule has 3 fully saturated rings. The molecule has 4 rings (SSSR count). The number of nitrogens with zero attached hydrogens (tertiary/aromatic N) is 2. The molecule has 1 N–H and O–H groups in total. The normalized spacial score (nSPS) is 24.6. The maximum Gasteiger partial charge on any atom is 0.230 e. The number of ether oxygens (including phenoxy) is 1. The summed E-state index contributed by atoms with van der Waals surface area (Å²) in [7, 11) is 0. The Morgan fingerprint density at radius 1 is 1.26 bits per heavy atom. The lowest BCUT2D eigenvalue weighted by atomic mass is 9.90. The molecule has 1 aromatic heterocycles. The molecule has 1 aliphatic carbocycles. The van der Waals surface area contributed by atoms with Gasteiger partial charge in [0.15, 0.2) is 0 Å². The van der Waals surface area contributed by atoms with Gasteiger partial charge in [0.1, 0.15) is 0 Å². The molecule has 3 heterocycles. The van der Waals surface area contributed by atoms with Crippen molar-refractivity contribution in [2.24, 2.45) is 11.3 Å². The van der Waals surface area contributed by atoms with Crippen molar-refractivity contribution in [3.8, 4) is 0 Å². The van der Waals surface area contributed by atoms with Crippen LogP contribution in [0, 0.1) is 11.3 Å². The molecule has 1 atom stereocenters. The van der Waals surface area contributed by atoms with E-state index < -0.39 is 0 Å². The number of piperidine rings is 1. The molecular weight excluding hydrogens is 362 g/mol. The predicted octanol–water partition coefficient (Wildman–Crippen LogP) is 2.10. The molecule has 146 valence electrons. The molecule has 6 nitrogen and oxygen atoms in total. The molecule has 2 aliphatic heterocycles. The molecule has 2 saturated heterocycles. The SMILES string of the molecule is O=C(CSc1ccccn1)NC1CC12CCN(C(=O)C1CCOCC1)CC2. The fourth-order valence-corrected chi connectivity index (χ4v) is 4.96. The molecule has 27 heavy (non-hydrogen) atoms. The van der Waals surface area contributed by atoms with Crippen LogP contribution in [0.1, 0.15) is 32.1 Å². The van der Waals surface area contributed by atoms with Gasteiger partial charge < -0.3 is 15.0 Å². The van der Waals surface area contributed by atoms with E-state index in [0.29, 0.717) is 24.9 Å². The zero-order valence-electron chi connectivity index (χ0n) is 15.6. The fourth-order valence-electron chi connectivity index (χ4n) is 4.29. The van der Waals surface area contributed by atoms with Gasteiger partial charge in [0.25, 0.3) is 0 Å². The number of nitrogens with one attached hydrogen (secondary N) is 1. The van der Waals surface area contributed by atoms with Crippen molar-refractivity contribution in [3.63, 3.8) is 0 Å². The average Bonchev–Trinajstić information content (AvgIpc) is 3.38. The topological polar surface area (TPSA) is 71.5 Å². The summed E-state index contributed by atoms with van der Waals surface area (Å²) in [4.78, 5) is 31.2. The van der Waals surface area contributed by atoms with Crippen molar-refractivity contribution in [3.05, 3.63) is 24.4 Å². The largest absolute Gasteiger partial charge is 0.381 e. The first-order chi connectivity index (χ1) is 13.2. The van der Waals surface area contributed by atoms with Crippen LogP contribution in [0.2, 0.25) is 0 Å². The van der Waals surface area contributed by atoms with Gasteiger partial charge in [-0.3, -0.25) is 9.59 Å². The van der Waals surface area contributed by atoms with Crippen LogP contribution < -0.4 is 5.32 Å². The van der Waals surface area contributed by atoms with E-state index >= 15 is 0 Å². The summed E-state index contributed by atoms with van der Waals surface area (Å²) in [5, 5.41) is 4.06. The molecule has 2 amide bonds. The number of aromatic nitrogens is 1. The second-order valence-electron chi connectivity index (χ2n) is 7.86. The Kier molecular flexibility index (Phi) is 5.68. The Morgan fingerprint density at radius 3 is 2.74 bits per heavy atom. The van der Waals surface area contributed by atoms with Crippen molar-refractivity contribution < 1.29 is 14.3 Å². The maximum absolute atomic E-state index is 12.7. The second kappa shape index (κ2) is 8.19. The monoisotopic (exact) mass is 389 g/mol. The Morgan fingerprint density at radius 2 is 2.04 bits per heavy atom. The Balaban J connectivity index is 1.20. The van der Waals surface area contributed by atoms with Crippen LogP contribution in [0.5, 0.6) is 0 Å². The Labute approximate surface area is 164 Å². The predicted molar refractivity (Wildman–Crippen MR) is 103 cm³/mol. The Bertz CT molecular complexity index is 670. The smallest absolute Gasteiger partial charge is 0.230 e. The van der Waals surface area contributed by atoms with E-state index in [2.05, 4.69) is 10.3 Å².